The summed E-state index contributed by atoms with van der Waals surface area (Å²) in [5.41, 5.74) is 1.82. The number of likely N-dealkylation sites (tertiary alicyclic amines) is 1. The predicted octanol–water partition coefficient (Wildman–Crippen LogP) is 0.272. The average Bonchev–Trinajstić information content (AvgIpc) is 2.58. The Balaban J connectivity index is 2.06. The summed E-state index contributed by atoms with van der Waals surface area (Å²) in [6.07, 6.45) is -0.312. The lowest BCUT2D eigenvalue weighted by Crippen LogP contribution is -2.25. The van der Waals surface area contributed by atoms with E-state index in [1.807, 2.05) is 24.3 Å². The Labute approximate surface area is 94.1 Å². The Bertz CT molecular complexity index is 392. The third-order valence-electron chi connectivity index (χ3n) is 2.74. The van der Waals surface area contributed by atoms with Crippen molar-refractivity contribution in [3.63, 3.8) is 0 Å². The summed E-state index contributed by atoms with van der Waals surface area (Å²) in [4.78, 5) is 13.1. The van der Waals surface area contributed by atoms with Gasteiger partial charge in [-0.15, -0.1) is 0 Å². The van der Waals surface area contributed by atoms with Crippen molar-refractivity contribution in [2.75, 3.05) is 6.54 Å². The summed E-state index contributed by atoms with van der Waals surface area (Å²) >= 11 is 0. The van der Waals surface area contributed by atoms with E-state index in [0.29, 0.717) is 13.1 Å². The van der Waals surface area contributed by atoms with Gasteiger partial charge in [0.25, 0.3) is 0 Å². The zero-order chi connectivity index (χ0) is 11.5. The SMILES string of the molecule is O=C1CC(O)CN1Cc1cccc(CO)c1. The minimum Gasteiger partial charge on any atom is -0.392 e. The van der Waals surface area contributed by atoms with E-state index in [1.165, 1.54) is 0 Å². The Morgan fingerprint density at radius 3 is 2.75 bits per heavy atom. The number of aliphatic hydroxyl groups is 2. The second-order valence-corrected chi connectivity index (χ2v) is 4.11. The number of carbonyl (C=O) groups is 1. The molecule has 1 amide bonds. The molecule has 0 aromatic heterocycles. The van der Waals surface area contributed by atoms with Gasteiger partial charge in [0.15, 0.2) is 0 Å². The lowest BCUT2D eigenvalue weighted by Gasteiger charge is -2.16. The van der Waals surface area contributed by atoms with Crippen LogP contribution in [0.5, 0.6) is 0 Å². The quantitative estimate of drug-likeness (QED) is 0.770. The van der Waals surface area contributed by atoms with Crippen LogP contribution in [0, 0.1) is 0 Å². The molecule has 0 spiro atoms. The fourth-order valence-electron chi connectivity index (χ4n) is 1.95. The van der Waals surface area contributed by atoms with Crippen molar-refractivity contribution in [3.05, 3.63) is 35.4 Å². The van der Waals surface area contributed by atoms with Gasteiger partial charge in [-0.2, -0.15) is 0 Å². The standard InChI is InChI=1S/C12H15NO3/c14-8-10-3-1-2-9(4-10)6-13-7-11(15)5-12(13)16/h1-4,11,14-15H,5-8H2. The molecule has 1 heterocycles. The highest BCUT2D eigenvalue weighted by Crippen LogP contribution is 2.15. The van der Waals surface area contributed by atoms with Crippen molar-refractivity contribution in [1.82, 2.24) is 4.90 Å². The average molecular weight is 221 g/mol. The van der Waals surface area contributed by atoms with E-state index in [-0.39, 0.29) is 18.9 Å². The van der Waals surface area contributed by atoms with Crippen molar-refractivity contribution < 1.29 is 15.0 Å². The molecule has 0 bridgehead atoms. The van der Waals surface area contributed by atoms with Crippen molar-refractivity contribution >= 4 is 5.91 Å². The molecule has 1 aliphatic rings. The molecular formula is C12H15NO3. The predicted molar refractivity (Wildman–Crippen MR) is 58.4 cm³/mol. The second-order valence-electron chi connectivity index (χ2n) is 4.11. The number of amides is 1. The van der Waals surface area contributed by atoms with Crippen LogP contribution in [0.1, 0.15) is 17.5 Å². The highest BCUT2D eigenvalue weighted by Gasteiger charge is 2.27. The first-order valence-electron chi connectivity index (χ1n) is 5.33. The van der Waals surface area contributed by atoms with E-state index in [1.54, 1.807) is 4.90 Å². The zero-order valence-electron chi connectivity index (χ0n) is 8.97. The van der Waals surface area contributed by atoms with Gasteiger partial charge in [0, 0.05) is 13.1 Å². The molecule has 0 aliphatic carbocycles. The Morgan fingerprint density at radius 1 is 1.38 bits per heavy atom. The number of β-amino-alcohol motifs (C(OH)–C–C–N with tert-alkyl or cyclic N) is 1. The summed E-state index contributed by atoms with van der Waals surface area (Å²) in [5.74, 6) is -0.0121. The van der Waals surface area contributed by atoms with Gasteiger partial charge in [0.2, 0.25) is 5.91 Å². The highest BCUT2D eigenvalue weighted by atomic mass is 16.3. The second kappa shape index (κ2) is 4.63. The Kier molecular flexibility index (Phi) is 3.22. The third kappa shape index (κ3) is 2.40. The minimum atomic E-state index is -0.534. The number of hydrogen-bond acceptors (Lipinski definition) is 3. The van der Waals surface area contributed by atoms with Crippen LogP contribution >= 0.6 is 0 Å². The van der Waals surface area contributed by atoms with Crippen LogP contribution in [-0.4, -0.2) is 33.7 Å². The van der Waals surface area contributed by atoms with E-state index in [0.717, 1.165) is 11.1 Å². The van der Waals surface area contributed by atoms with Crippen LogP contribution in [-0.2, 0) is 17.9 Å². The summed E-state index contributed by atoms with van der Waals surface area (Å²) < 4.78 is 0. The first-order valence-corrected chi connectivity index (χ1v) is 5.33. The van der Waals surface area contributed by atoms with Crippen LogP contribution in [0.3, 0.4) is 0 Å². The lowest BCUT2D eigenvalue weighted by atomic mass is 10.1. The van der Waals surface area contributed by atoms with Crippen LogP contribution in [0.2, 0.25) is 0 Å². The summed E-state index contributed by atoms with van der Waals surface area (Å²) in [7, 11) is 0. The monoisotopic (exact) mass is 221 g/mol. The van der Waals surface area contributed by atoms with Gasteiger partial charge in [-0.3, -0.25) is 4.79 Å². The molecule has 86 valence electrons. The van der Waals surface area contributed by atoms with Gasteiger partial charge in [-0.25, -0.2) is 0 Å². The largest absolute Gasteiger partial charge is 0.392 e. The first-order chi connectivity index (χ1) is 7.69. The van der Waals surface area contributed by atoms with E-state index >= 15 is 0 Å². The van der Waals surface area contributed by atoms with E-state index in [4.69, 9.17) is 5.11 Å². The Hall–Kier alpha value is -1.39. The number of hydrogen-bond donors (Lipinski definition) is 2. The molecule has 1 aromatic rings. The highest BCUT2D eigenvalue weighted by molar-refractivity contribution is 5.79. The Morgan fingerprint density at radius 2 is 2.12 bits per heavy atom. The topological polar surface area (TPSA) is 60.8 Å². The van der Waals surface area contributed by atoms with Crippen LogP contribution in [0.15, 0.2) is 24.3 Å². The van der Waals surface area contributed by atoms with Gasteiger partial charge in [-0.1, -0.05) is 24.3 Å². The number of carbonyl (C=O) groups excluding carboxylic acids is 1. The lowest BCUT2D eigenvalue weighted by molar-refractivity contribution is -0.128. The summed E-state index contributed by atoms with van der Waals surface area (Å²) in [5, 5.41) is 18.3. The molecule has 4 heteroatoms. The minimum absolute atomic E-state index is 0.00438. The molecule has 1 aromatic carbocycles. The molecule has 1 atom stereocenters. The summed E-state index contributed by atoms with van der Waals surface area (Å²) in [6.45, 7) is 0.913. The number of aliphatic hydroxyl groups excluding tert-OH is 2. The molecule has 1 aliphatic heterocycles. The van der Waals surface area contributed by atoms with Crippen molar-refractivity contribution in [2.24, 2.45) is 0 Å². The van der Waals surface area contributed by atoms with E-state index in [9.17, 15) is 9.90 Å². The van der Waals surface area contributed by atoms with Crippen LogP contribution in [0.25, 0.3) is 0 Å². The van der Waals surface area contributed by atoms with Crippen LogP contribution < -0.4 is 0 Å². The zero-order valence-corrected chi connectivity index (χ0v) is 8.97. The first kappa shape index (κ1) is 11.1. The molecule has 0 radical (unpaired) electrons. The fraction of sp³-hybridized carbons (Fsp3) is 0.417. The third-order valence-corrected chi connectivity index (χ3v) is 2.74. The fourth-order valence-corrected chi connectivity index (χ4v) is 1.95. The van der Waals surface area contributed by atoms with E-state index < -0.39 is 6.10 Å². The van der Waals surface area contributed by atoms with Crippen molar-refractivity contribution in [2.45, 2.75) is 25.7 Å². The molecule has 2 rings (SSSR count). The van der Waals surface area contributed by atoms with Crippen molar-refractivity contribution in [1.29, 1.82) is 0 Å². The molecule has 16 heavy (non-hydrogen) atoms. The van der Waals surface area contributed by atoms with E-state index in [2.05, 4.69) is 0 Å². The molecule has 4 nitrogen and oxygen atoms in total. The summed E-state index contributed by atoms with van der Waals surface area (Å²) in [6, 6.07) is 7.48. The normalized spacial score (nSPS) is 20.5. The van der Waals surface area contributed by atoms with Gasteiger partial charge in [0.1, 0.15) is 0 Å². The molecule has 1 saturated heterocycles. The molecular weight excluding hydrogens is 206 g/mol. The maximum absolute atomic E-state index is 11.5. The van der Waals surface area contributed by atoms with Crippen LogP contribution in [0.4, 0.5) is 0 Å². The van der Waals surface area contributed by atoms with Gasteiger partial charge < -0.3 is 15.1 Å². The maximum atomic E-state index is 11.5. The molecule has 1 unspecified atom stereocenters. The molecule has 2 N–H and O–H groups in total. The van der Waals surface area contributed by atoms with Gasteiger partial charge >= 0.3 is 0 Å². The molecule has 0 saturated carbocycles. The van der Waals surface area contributed by atoms with Crippen molar-refractivity contribution in [3.8, 4) is 0 Å². The van der Waals surface area contributed by atoms with Gasteiger partial charge in [-0.05, 0) is 11.1 Å². The number of nitrogens with zero attached hydrogens (tertiary/aromatic N) is 1. The van der Waals surface area contributed by atoms with Gasteiger partial charge in [0.05, 0.1) is 19.1 Å². The smallest absolute Gasteiger partial charge is 0.225 e. The number of benzene rings is 1. The molecule has 1 fully saturated rings. The number of rotatable bonds is 3. The maximum Gasteiger partial charge on any atom is 0.225 e.